The van der Waals surface area contributed by atoms with Gasteiger partial charge in [0.05, 0.1) is 23.3 Å². The first-order valence-electron chi connectivity index (χ1n) is 11.1. The summed E-state index contributed by atoms with van der Waals surface area (Å²) in [5.41, 5.74) is 8.29. The Bertz CT molecular complexity index is 1160. The van der Waals surface area contributed by atoms with E-state index in [0.29, 0.717) is 18.2 Å². The van der Waals surface area contributed by atoms with Crippen LogP contribution in [0.5, 0.6) is 0 Å². The molecule has 2 aliphatic rings. The number of hydrogen-bond acceptors (Lipinski definition) is 6. The number of benzene rings is 1. The number of fused-ring (bicyclic) bond motifs is 1. The van der Waals surface area contributed by atoms with E-state index < -0.39 is 0 Å². The van der Waals surface area contributed by atoms with Crippen LogP contribution in [0.15, 0.2) is 36.8 Å². The first kappa shape index (κ1) is 20.8. The number of nitrogens with zero attached hydrogens (tertiary/aromatic N) is 4. The Kier molecular flexibility index (Phi) is 5.31. The molecule has 5 rings (SSSR count). The van der Waals surface area contributed by atoms with E-state index in [0.717, 1.165) is 53.5 Å². The molecule has 1 aromatic carbocycles. The molecule has 1 fully saturated rings. The number of imidazole rings is 1. The van der Waals surface area contributed by atoms with Gasteiger partial charge in [0.1, 0.15) is 6.61 Å². The Morgan fingerprint density at radius 1 is 1.16 bits per heavy atom. The van der Waals surface area contributed by atoms with Gasteiger partial charge in [0.2, 0.25) is 0 Å². The highest BCUT2D eigenvalue weighted by Crippen LogP contribution is 2.31. The molecule has 0 radical (unpaired) electrons. The number of hydrogen-bond donors (Lipinski definition) is 1. The van der Waals surface area contributed by atoms with Crippen LogP contribution in [0.1, 0.15) is 57.1 Å². The van der Waals surface area contributed by atoms with Gasteiger partial charge in [0.25, 0.3) is 0 Å². The topological polar surface area (TPSA) is 72.3 Å². The molecule has 2 aliphatic heterocycles. The van der Waals surface area contributed by atoms with Crippen molar-refractivity contribution in [3.8, 4) is 5.69 Å². The lowest BCUT2D eigenvalue weighted by Crippen LogP contribution is -2.50. The molecule has 0 saturated carbocycles. The summed E-state index contributed by atoms with van der Waals surface area (Å²) in [6.45, 7) is 11.4. The Hall–Kier alpha value is -3.03. The van der Waals surface area contributed by atoms with Crippen LogP contribution < -0.4 is 5.32 Å². The van der Waals surface area contributed by atoms with Gasteiger partial charge in [0.15, 0.2) is 0 Å². The minimum Gasteiger partial charge on any atom is -0.457 e. The van der Waals surface area contributed by atoms with Gasteiger partial charge in [-0.2, -0.15) is 0 Å². The molecular formula is C25H29N5O2. The van der Waals surface area contributed by atoms with Gasteiger partial charge in [-0.1, -0.05) is 6.07 Å². The molecule has 0 aliphatic carbocycles. The molecule has 0 unspecified atom stereocenters. The fourth-order valence-electron chi connectivity index (χ4n) is 5.01. The van der Waals surface area contributed by atoms with E-state index in [1.54, 1.807) is 0 Å². The zero-order chi connectivity index (χ0) is 22.4. The van der Waals surface area contributed by atoms with Crippen molar-refractivity contribution >= 4 is 5.97 Å². The fraction of sp³-hybridized carbons (Fsp3) is 0.400. The third-order valence-corrected chi connectivity index (χ3v) is 6.43. The first-order valence-corrected chi connectivity index (χ1v) is 11.1. The van der Waals surface area contributed by atoms with Crippen molar-refractivity contribution in [2.75, 3.05) is 13.1 Å². The van der Waals surface area contributed by atoms with Crippen molar-refractivity contribution in [1.29, 1.82) is 0 Å². The highest BCUT2D eigenvalue weighted by Gasteiger charge is 2.30. The molecule has 7 nitrogen and oxygen atoms in total. The number of nitrogens with one attached hydrogen (secondary N) is 1. The number of esters is 1. The van der Waals surface area contributed by atoms with Gasteiger partial charge < -0.3 is 14.6 Å². The van der Waals surface area contributed by atoms with Gasteiger partial charge in [-0.3, -0.25) is 9.88 Å². The van der Waals surface area contributed by atoms with Crippen molar-refractivity contribution in [2.45, 2.75) is 52.9 Å². The monoisotopic (exact) mass is 431 g/mol. The quantitative estimate of drug-likeness (QED) is 0.639. The number of ether oxygens (including phenoxy) is 1. The molecule has 166 valence electrons. The molecule has 7 heteroatoms. The van der Waals surface area contributed by atoms with E-state index in [9.17, 15) is 4.79 Å². The molecule has 0 bridgehead atoms. The minimum atomic E-state index is -0.212. The lowest BCUT2D eigenvalue weighted by Gasteiger charge is -2.38. The normalized spacial score (nSPS) is 20.9. The highest BCUT2D eigenvalue weighted by atomic mass is 16.5. The summed E-state index contributed by atoms with van der Waals surface area (Å²) in [6.07, 6.45) is 3.99. The summed E-state index contributed by atoms with van der Waals surface area (Å²) in [5, 5.41) is 3.74. The summed E-state index contributed by atoms with van der Waals surface area (Å²) in [4.78, 5) is 23.5. The molecule has 2 aromatic heterocycles. The highest BCUT2D eigenvalue weighted by molar-refractivity contribution is 5.94. The standard InChI is InChI=1S/C25H29N5O2/c1-15-7-20(8-16(2)27-15)30-11-19(26-14-30)10-29-9-17(3)28-24(12-29)21-5-6-22-23(18(21)4)13-32-25(22)31/h5-8,11,14,17,24,28H,9-10,12-13H2,1-4H3/t17-,24-/m0/s1. The number of rotatable bonds is 4. The minimum absolute atomic E-state index is 0.201. The average Bonchev–Trinajstić information content (AvgIpc) is 3.34. The maximum absolute atomic E-state index is 11.9. The predicted octanol–water partition coefficient (Wildman–Crippen LogP) is 3.40. The van der Waals surface area contributed by atoms with E-state index in [1.165, 1.54) is 5.56 Å². The van der Waals surface area contributed by atoms with Gasteiger partial charge >= 0.3 is 5.97 Å². The molecule has 1 N–H and O–H groups in total. The fourth-order valence-corrected chi connectivity index (χ4v) is 5.01. The summed E-state index contributed by atoms with van der Waals surface area (Å²) < 4.78 is 7.31. The van der Waals surface area contributed by atoms with Crippen LogP contribution in [0.25, 0.3) is 5.69 Å². The van der Waals surface area contributed by atoms with E-state index >= 15 is 0 Å². The van der Waals surface area contributed by atoms with Gasteiger partial charge in [-0.25, -0.2) is 9.78 Å². The molecule has 32 heavy (non-hydrogen) atoms. The summed E-state index contributed by atoms with van der Waals surface area (Å²) in [6, 6.07) is 8.70. The molecule has 3 aromatic rings. The Labute approximate surface area is 188 Å². The van der Waals surface area contributed by atoms with Crippen molar-refractivity contribution in [3.63, 3.8) is 0 Å². The SMILES string of the molecule is Cc1cc(-n2cnc(CN3C[C@@H](c4ccc5c(c4C)COC5=O)N[C@@H](C)C3)c2)cc(C)n1. The van der Waals surface area contributed by atoms with E-state index in [-0.39, 0.29) is 12.0 Å². The zero-order valence-corrected chi connectivity index (χ0v) is 19.1. The number of carbonyl (C=O) groups is 1. The summed E-state index contributed by atoms with van der Waals surface area (Å²) in [7, 11) is 0. The lowest BCUT2D eigenvalue weighted by molar-refractivity contribution is 0.0535. The molecule has 4 heterocycles. The third kappa shape index (κ3) is 3.94. The molecule has 2 atom stereocenters. The van der Waals surface area contributed by atoms with Crippen LogP contribution >= 0.6 is 0 Å². The number of pyridine rings is 1. The van der Waals surface area contributed by atoms with Gasteiger partial charge in [0, 0.05) is 54.9 Å². The predicted molar refractivity (Wildman–Crippen MR) is 122 cm³/mol. The van der Waals surface area contributed by atoms with E-state index in [2.05, 4.69) is 63.0 Å². The number of carbonyl (C=O) groups excluding carboxylic acids is 1. The second-order valence-corrected chi connectivity index (χ2v) is 9.08. The van der Waals surface area contributed by atoms with Crippen molar-refractivity contribution in [2.24, 2.45) is 0 Å². The number of aryl methyl sites for hydroxylation is 2. The molecule has 1 saturated heterocycles. The third-order valence-electron chi connectivity index (χ3n) is 6.43. The van der Waals surface area contributed by atoms with Crippen LogP contribution in [0, 0.1) is 20.8 Å². The van der Waals surface area contributed by atoms with Gasteiger partial charge in [-0.15, -0.1) is 0 Å². The van der Waals surface area contributed by atoms with Crippen molar-refractivity contribution in [3.05, 3.63) is 76.1 Å². The number of piperazine rings is 1. The van der Waals surface area contributed by atoms with Crippen LogP contribution in [-0.2, 0) is 17.9 Å². The second kappa shape index (κ2) is 8.15. The average molecular weight is 432 g/mol. The molecular weight excluding hydrogens is 402 g/mol. The number of cyclic esters (lactones) is 1. The first-order chi connectivity index (χ1) is 15.4. The Morgan fingerprint density at radius 2 is 1.94 bits per heavy atom. The van der Waals surface area contributed by atoms with Crippen LogP contribution in [0.2, 0.25) is 0 Å². The summed E-state index contributed by atoms with van der Waals surface area (Å²) >= 11 is 0. The lowest BCUT2D eigenvalue weighted by atomic mass is 9.92. The van der Waals surface area contributed by atoms with Crippen LogP contribution in [-0.4, -0.2) is 44.5 Å². The summed E-state index contributed by atoms with van der Waals surface area (Å²) in [5.74, 6) is -0.212. The van der Waals surface area contributed by atoms with Gasteiger partial charge in [-0.05, 0) is 57.0 Å². The van der Waals surface area contributed by atoms with Crippen molar-refractivity contribution < 1.29 is 9.53 Å². The maximum Gasteiger partial charge on any atom is 0.338 e. The number of aromatic nitrogens is 3. The molecule has 0 amide bonds. The van der Waals surface area contributed by atoms with Crippen LogP contribution in [0.4, 0.5) is 0 Å². The van der Waals surface area contributed by atoms with E-state index in [1.807, 2.05) is 26.2 Å². The largest absolute Gasteiger partial charge is 0.457 e. The Morgan fingerprint density at radius 3 is 2.72 bits per heavy atom. The Balaban J connectivity index is 1.34. The van der Waals surface area contributed by atoms with Crippen LogP contribution in [0.3, 0.4) is 0 Å². The second-order valence-electron chi connectivity index (χ2n) is 9.08. The molecule has 0 spiro atoms. The smallest absolute Gasteiger partial charge is 0.338 e. The van der Waals surface area contributed by atoms with Crippen molar-refractivity contribution in [1.82, 2.24) is 24.8 Å². The maximum atomic E-state index is 11.9. The van der Waals surface area contributed by atoms with E-state index in [4.69, 9.17) is 4.74 Å². The zero-order valence-electron chi connectivity index (χ0n) is 19.1.